The highest BCUT2D eigenvalue weighted by atomic mass is 16.4. The molecule has 2 unspecified atom stereocenters. The van der Waals surface area contributed by atoms with Gasteiger partial charge >= 0.3 is 0 Å². The summed E-state index contributed by atoms with van der Waals surface area (Å²) in [4.78, 5) is 15.9. The Morgan fingerprint density at radius 2 is 2.39 bits per heavy atom. The Kier molecular flexibility index (Phi) is 5.10. The summed E-state index contributed by atoms with van der Waals surface area (Å²) in [5.41, 5.74) is 6.37. The number of pyridine rings is 1. The third kappa shape index (κ3) is 3.44. The summed E-state index contributed by atoms with van der Waals surface area (Å²) in [6.07, 6.45) is 3.83. The summed E-state index contributed by atoms with van der Waals surface area (Å²) in [6.45, 7) is 3.66. The molecule has 0 spiro atoms. The number of nitrogens with one attached hydrogen (secondary N) is 1. The van der Waals surface area contributed by atoms with Gasteiger partial charge in [-0.05, 0) is 25.0 Å². The van der Waals surface area contributed by atoms with Gasteiger partial charge in [-0.25, -0.2) is 0 Å². The van der Waals surface area contributed by atoms with Crippen molar-refractivity contribution in [3.05, 3.63) is 30.1 Å². The second-order valence-corrected chi connectivity index (χ2v) is 4.00. The molecule has 0 bridgehead atoms. The van der Waals surface area contributed by atoms with E-state index in [1.165, 1.54) is 0 Å². The lowest BCUT2D eigenvalue weighted by Gasteiger charge is -2.18. The van der Waals surface area contributed by atoms with Gasteiger partial charge in [-0.1, -0.05) is 18.1 Å². The first-order chi connectivity index (χ1) is 8.60. The van der Waals surface area contributed by atoms with Crippen LogP contribution in [0.1, 0.15) is 31.9 Å². The Bertz CT molecular complexity index is 419. The summed E-state index contributed by atoms with van der Waals surface area (Å²) in [5, 5.41) is 14.3. The van der Waals surface area contributed by atoms with E-state index in [1.807, 2.05) is 13.0 Å². The van der Waals surface area contributed by atoms with Gasteiger partial charge in [0, 0.05) is 12.4 Å². The van der Waals surface area contributed by atoms with Crippen molar-refractivity contribution in [3.8, 4) is 0 Å². The molecule has 0 saturated heterocycles. The van der Waals surface area contributed by atoms with Gasteiger partial charge in [0.1, 0.15) is 0 Å². The first-order valence-electron chi connectivity index (χ1n) is 5.77. The summed E-state index contributed by atoms with van der Waals surface area (Å²) < 4.78 is 0. The zero-order valence-electron chi connectivity index (χ0n) is 10.5. The van der Waals surface area contributed by atoms with Crippen LogP contribution in [-0.2, 0) is 4.79 Å². The molecule has 1 rings (SSSR count). The van der Waals surface area contributed by atoms with Crippen LogP contribution in [0.3, 0.4) is 0 Å². The van der Waals surface area contributed by atoms with E-state index in [0.29, 0.717) is 6.42 Å². The number of hydrogen-bond donors (Lipinski definition) is 3. The quantitative estimate of drug-likeness (QED) is 0.314. The van der Waals surface area contributed by atoms with Gasteiger partial charge in [-0.3, -0.25) is 9.78 Å². The fourth-order valence-electron chi connectivity index (χ4n) is 1.63. The molecule has 0 radical (unpaired) electrons. The first kappa shape index (κ1) is 14.0. The Labute approximate surface area is 106 Å². The summed E-state index contributed by atoms with van der Waals surface area (Å²) in [7, 11) is 0. The number of carbonyl (C=O) groups excluding carboxylic acids is 1. The van der Waals surface area contributed by atoms with Gasteiger partial charge in [0.15, 0.2) is 5.84 Å². The summed E-state index contributed by atoms with van der Waals surface area (Å²) in [6, 6.07) is 3.51. The highest BCUT2D eigenvalue weighted by molar-refractivity contribution is 6.02. The number of oxime groups is 1. The minimum Gasteiger partial charge on any atom is -0.409 e. The maximum absolute atomic E-state index is 12.0. The average molecular weight is 250 g/mol. The van der Waals surface area contributed by atoms with Crippen LogP contribution >= 0.6 is 0 Å². The molecule has 0 aliphatic heterocycles. The molecule has 0 aliphatic rings. The molecule has 18 heavy (non-hydrogen) atoms. The second kappa shape index (κ2) is 6.58. The third-order valence-corrected chi connectivity index (χ3v) is 2.74. The molecule has 1 heterocycles. The van der Waals surface area contributed by atoms with Crippen molar-refractivity contribution >= 4 is 11.7 Å². The molecule has 6 nitrogen and oxygen atoms in total. The molecule has 0 aromatic carbocycles. The average Bonchev–Trinajstić information content (AvgIpc) is 2.40. The SMILES string of the molecule is CCC(C(=O)NC(C)c1cccnc1)/C(N)=N/O. The molecular formula is C12H18N4O2. The molecule has 0 saturated carbocycles. The molecule has 1 amide bonds. The smallest absolute Gasteiger partial charge is 0.231 e. The van der Waals surface area contributed by atoms with Crippen molar-refractivity contribution in [1.29, 1.82) is 0 Å². The number of rotatable bonds is 5. The van der Waals surface area contributed by atoms with E-state index < -0.39 is 5.92 Å². The van der Waals surface area contributed by atoms with Gasteiger partial charge in [-0.15, -0.1) is 0 Å². The molecule has 6 heteroatoms. The number of amides is 1. The zero-order valence-corrected chi connectivity index (χ0v) is 10.5. The lowest BCUT2D eigenvalue weighted by molar-refractivity contribution is -0.123. The summed E-state index contributed by atoms with van der Waals surface area (Å²) >= 11 is 0. The molecule has 98 valence electrons. The topological polar surface area (TPSA) is 101 Å². The van der Waals surface area contributed by atoms with Crippen LogP contribution in [0.5, 0.6) is 0 Å². The van der Waals surface area contributed by atoms with Gasteiger partial charge in [-0.2, -0.15) is 0 Å². The highest BCUT2D eigenvalue weighted by Gasteiger charge is 2.22. The van der Waals surface area contributed by atoms with Crippen molar-refractivity contribution in [2.75, 3.05) is 0 Å². The second-order valence-electron chi connectivity index (χ2n) is 4.00. The van der Waals surface area contributed by atoms with E-state index in [0.717, 1.165) is 5.56 Å². The number of hydrogen-bond acceptors (Lipinski definition) is 4. The number of amidine groups is 1. The number of nitrogens with zero attached hydrogens (tertiary/aromatic N) is 2. The van der Waals surface area contributed by atoms with Crippen molar-refractivity contribution in [2.24, 2.45) is 16.8 Å². The minimum atomic E-state index is -0.617. The first-order valence-corrected chi connectivity index (χ1v) is 5.77. The van der Waals surface area contributed by atoms with E-state index in [-0.39, 0.29) is 17.8 Å². The van der Waals surface area contributed by atoms with E-state index >= 15 is 0 Å². The van der Waals surface area contributed by atoms with E-state index in [4.69, 9.17) is 10.9 Å². The fraction of sp³-hybridized carbons (Fsp3) is 0.417. The summed E-state index contributed by atoms with van der Waals surface area (Å²) in [5.74, 6) is -0.952. The Balaban J connectivity index is 2.70. The maximum atomic E-state index is 12.0. The van der Waals surface area contributed by atoms with Crippen LogP contribution in [0.15, 0.2) is 29.7 Å². The molecule has 1 aromatic rings. The number of aromatic nitrogens is 1. The fourth-order valence-corrected chi connectivity index (χ4v) is 1.63. The van der Waals surface area contributed by atoms with Crippen LogP contribution in [-0.4, -0.2) is 21.9 Å². The van der Waals surface area contributed by atoms with E-state index in [2.05, 4.69) is 15.5 Å². The maximum Gasteiger partial charge on any atom is 0.231 e. The third-order valence-electron chi connectivity index (χ3n) is 2.74. The van der Waals surface area contributed by atoms with Crippen LogP contribution in [0.2, 0.25) is 0 Å². The molecule has 4 N–H and O–H groups in total. The van der Waals surface area contributed by atoms with Crippen LogP contribution in [0, 0.1) is 5.92 Å². The van der Waals surface area contributed by atoms with Gasteiger partial charge in [0.25, 0.3) is 0 Å². The number of nitrogens with two attached hydrogens (primary N) is 1. The van der Waals surface area contributed by atoms with E-state index in [9.17, 15) is 4.79 Å². The van der Waals surface area contributed by atoms with Crippen LogP contribution in [0.4, 0.5) is 0 Å². The van der Waals surface area contributed by atoms with Gasteiger partial charge in [0.2, 0.25) is 5.91 Å². The molecule has 1 aromatic heterocycles. The monoisotopic (exact) mass is 250 g/mol. The van der Waals surface area contributed by atoms with Crippen LogP contribution in [0.25, 0.3) is 0 Å². The van der Waals surface area contributed by atoms with Crippen LogP contribution < -0.4 is 11.1 Å². The minimum absolute atomic E-state index is 0.0756. The largest absolute Gasteiger partial charge is 0.409 e. The highest BCUT2D eigenvalue weighted by Crippen LogP contribution is 2.12. The predicted molar refractivity (Wildman–Crippen MR) is 68.0 cm³/mol. The standard InChI is InChI=1S/C12H18N4O2/c1-3-10(11(13)16-18)12(17)15-8(2)9-5-4-6-14-7-9/h4-8,10,18H,3H2,1-2H3,(H2,13,16)(H,15,17). The van der Waals surface area contributed by atoms with Crippen molar-refractivity contribution in [3.63, 3.8) is 0 Å². The Morgan fingerprint density at radius 1 is 1.67 bits per heavy atom. The zero-order chi connectivity index (χ0) is 13.5. The molecular weight excluding hydrogens is 232 g/mol. The molecule has 0 aliphatic carbocycles. The van der Waals surface area contributed by atoms with Gasteiger partial charge in [0.05, 0.1) is 12.0 Å². The normalized spacial score (nSPS) is 14.9. The Morgan fingerprint density at radius 3 is 2.89 bits per heavy atom. The number of carbonyl (C=O) groups is 1. The predicted octanol–water partition coefficient (Wildman–Crippen LogP) is 1.03. The molecule has 2 atom stereocenters. The lowest BCUT2D eigenvalue weighted by atomic mass is 10.0. The van der Waals surface area contributed by atoms with Crippen molar-refractivity contribution in [2.45, 2.75) is 26.3 Å². The van der Waals surface area contributed by atoms with Crippen molar-refractivity contribution < 1.29 is 10.0 Å². The van der Waals surface area contributed by atoms with E-state index in [1.54, 1.807) is 25.4 Å². The Hall–Kier alpha value is -2.11. The molecule has 0 fully saturated rings. The lowest BCUT2D eigenvalue weighted by Crippen LogP contribution is -2.39. The van der Waals surface area contributed by atoms with Gasteiger partial charge < -0.3 is 16.3 Å². The van der Waals surface area contributed by atoms with Crippen molar-refractivity contribution in [1.82, 2.24) is 10.3 Å².